The Balaban J connectivity index is 1.68. The van der Waals surface area contributed by atoms with Crippen molar-refractivity contribution in [3.05, 3.63) is 35.4 Å². The topological polar surface area (TPSA) is 66.5 Å². The number of hydrogen-bond acceptors (Lipinski definition) is 3. The Morgan fingerprint density at radius 1 is 1.16 bits per heavy atom. The second-order valence-corrected chi connectivity index (χ2v) is 9.28. The number of rotatable bonds is 5. The highest BCUT2D eigenvalue weighted by atomic mass is 32.2. The second-order valence-electron chi connectivity index (χ2n) is 7.36. The van der Waals surface area contributed by atoms with Gasteiger partial charge >= 0.3 is 0 Å². The summed E-state index contributed by atoms with van der Waals surface area (Å²) < 4.78 is 27.2. The van der Waals surface area contributed by atoms with Gasteiger partial charge in [-0.25, -0.2) is 8.42 Å². The molecule has 3 rings (SSSR count). The maximum atomic E-state index is 12.9. The van der Waals surface area contributed by atoms with Gasteiger partial charge in [-0.15, -0.1) is 0 Å². The second kappa shape index (κ2) is 7.87. The first-order chi connectivity index (χ1) is 12.0. The van der Waals surface area contributed by atoms with Crippen molar-refractivity contribution in [3.8, 4) is 0 Å². The molecule has 0 spiro atoms. The molecule has 1 aliphatic heterocycles. The monoisotopic (exact) mass is 364 g/mol. The smallest absolute Gasteiger partial charge is 0.238 e. The average molecular weight is 365 g/mol. The zero-order valence-corrected chi connectivity index (χ0v) is 15.7. The summed E-state index contributed by atoms with van der Waals surface area (Å²) in [5.74, 6) is -0.153. The fraction of sp³-hybridized carbons (Fsp3) is 0.632. The highest BCUT2D eigenvalue weighted by molar-refractivity contribution is 7.88. The quantitative estimate of drug-likeness (QED) is 0.874. The van der Waals surface area contributed by atoms with Crippen molar-refractivity contribution in [2.24, 2.45) is 0 Å². The van der Waals surface area contributed by atoms with Gasteiger partial charge in [0.25, 0.3) is 0 Å². The third-order valence-electron chi connectivity index (χ3n) is 5.25. The molecule has 25 heavy (non-hydrogen) atoms. The Morgan fingerprint density at radius 3 is 2.64 bits per heavy atom. The standard InChI is InChI=1S/C19H28N2O3S/c1-15-7-5-8-16(13-15)14-25(23,24)21-12-6-11-18(21)19(22)20-17-9-3-2-4-10-17/h5,7-8,13,17-18H,2-4,6,9-12,14H2,1H3,(H,20,22)/t18-/m1/s1. The lowest BCUT2D eigenvalue weighted by Gasteiger charge is -2.28. The van der Waals surface area contributed by atoms with Gasteiger partial charge in [0.2, 0.25) is 15.9 Å². The van der Waals surface area contributed by atoms with Crippen molar-refractivity contribution >= 4 is 15.9 Å². The van der Waals surface area contributed by atoms with E-state index in [1.165, 1.54) is 10.7 Å². The van der Waals surface area contributed by atoms with E-state index in [0.717, 1.165) is 43.2 Å². The Morgan fingerprint density at radius 2 is 1.92 bits per heavy atom. The number of nitrogens with zero attached hydrogens (tertiary/aromatic N) is 1. The minimum Gasteiger partial charge on any atom is -0.352 e. The molecular weight excluding hydrogens is 336 g/mol. The van der Waals surface area contributed by atoms with Gasteiger partial charge in [-0.3, -0.25) is 4.79 Å². The van der Waals surface area contributed by atoms with Gasteiger partial charge in [0.15, 0.2) is 0 Å². The first kappa shape index (κ1) is 18.4. The summed E-state index contributed by atoms with van der Waals surface area (Å²) in [7, 11) is -3.49. The maximum absolute atomic E-state index is 12.9. The molecule has 0 bridgehead atoms. The third-order valence-corrected chi connectivity index (χ3v) is 7.10. The number of aryl methyl sites for hydroxylation is 1. The van der Waals surface area contributed by atoms with Crippen LogP contribution in [-0.2, 0) is 20.6 Å². The van der Waals surface area contributed by atoms with Gasteiger partial charge in [0, 0.05) is 12.6 Å². The van der Waals surface area contributed by atoms with Crippen LogP contribution in [0.3, 0.4) is 0 Å². The summed E-state index contributed by atoms with van der Waals surface area (Å²) in [6.45, 7) is 2.39. The van der Waals surface area contributed by atoms with Crippen LogP contribution < -0.4 is 5.32 Å². The zero-order chi connectivity index (χ0) is 17.9. The molecule has 1 N–H and O–H groups in total. The molecule has 1 aliphatic carbocycles. The highest BCUT2D eigenvalue weighted by Gasteiger charge is 2.39. The fourth-order valence-corrected chi connectivity index (χ4v) is 5.74. The number of carbonyl (C=O) groups is 1. The SMILES string of the molecule is Cc1cccc(CS(=O)(=O)N2CCC[C@@H]2C(=O)NC2CCCCC2)c1. The number of benzene rings is 1. The van der Waals surface area contributed by atoms with E-state index in [4.69, 9.17) is 0 Å². The number of nitrogens with one attached hydrogen (secondary N) is 1. The molecule has 1 aromatic rings. The van der Waals surface area contributed by atoms with Crippen LogP contribution in [0.1, 0.15) is 56.1 Å². The summed E-state index contributed by atoms with van der Waals surface area (Å²) >= 11 is 0. The van der Waals surface area contributed by atoms with E-state index < -0.39 is 16.1 Å². The summed E-state index contributed by atoms with van der Waals surface area (Å²) in [6, 6.07) is 7.21. The van der Waals surface area contributed by atoms with Gasteiger partial charge in [0.1, 0.15) is 6.04 Å². The molecule has 1 atom stereocenters. The average Bonchev–Trinajstić information content (AvgIpc) is 3.06. The molecule has 1 saturated heterocycles. The van der Waals surface area contributed by atoms with Crippen LogP contribution in [0.4, 0.5) is 0 Å². The predicted molar refractivity (Wildman–Crippen MR) is 98.5 cm³/mol. The van der Waals surface area contributed by atoms with Crippen LogP contribution in [0.2, 0.25) is 0 Å². The van der Waals surface area contributed by atoms with Crippen LogP contribution in [0, 0.1) is 6.92 Å². The lowest BCUT2D eigenvalue weighted by Crippen LogP contribution is -2.49. The van der Waals surface area contributed by atoms with Crippen molar-refractivity contribution in [2.75, 3.05) is 6.54 Å². The molecule has 1 amide bonds. The lowest BCUT2D eigenvalue weighted by molar-refractivity contribution is -0.125. The number of carbonyl (C=O) groups excluding carboxylic acids is 1. The van der Waals surface area contributed by atoms with Gasteiger partial charge in [-0.05, 0) is 38.2 Å². The van der Waals surface area contributed by atoms with Gasteiger partial charge in [0.05, 0.1) is 5.75 Å². The van der Waals surface area contributed by atoms with Crippen molar-refractivity contribution in [3.63, 3.8) is 0 Å². The first-order valence-corrected chi connectivity index (χ1v) is 10.9. The van der Waals surface area contributed by atoms with Gasteiger partial charge in [-0.2, -0.15) is 4.31 Å². The molecule has 138 valence electrons. The summed E-state index contributed by atoms with van der Waals surface area (Å²) in [4.78, 5) is 12.7. The van der Waals surface area contributed by atoms with Gasteiger partial charge < -0.3 is 5.32 Å². The van der Waals surface area contributed by atoms with E-state index in [-0.39, 0.29) is 17.7 Å². The molecule has 1 heterocycles. The molecule has 0 radical (unpaired) electrons. The van der Waals surface area contributed by atoms with Crippen molar-refractivity contribution in [2.45, 2.75) is 69.7 Å². The predicted octanol–water partition coefficient (Wildman–Crippen LogP) is 2.74. The Hall–Kier alpha value is -1.40. The molecule has 5 nitrogen and oxygen atoms in total. The van der Waals surface area contributed by atoms with Crippen molar-refractivity contribution in [1.29, 1.82) is 0 Å². The molecule has 2 fully saturated rings. The van der Waals surface area contributed by atoms with Crippen LogP contribution in [-0.4, -0.2) is 37.3 Å². The Bertz CT molecular complexity index is 711. The van der Waals surface area contributed by atoms with Crippen molar-refractivity contribution < 1.29 is 13.2 Å². The van der Waals surface area contributed by atoms with Crippen LogP contribution >= 0.6 is 0 Å². The summed E-state index contributed by atoms with van der Waals surface area (Å²) in [5, 5.41) is 3.09. The van der Waals surface area contributed by atoms with Gasteiger partial charge in [-0.1, -0.05) is 49.1 Å². The molecule has 0 unspecified atom stereocenters. The molecule has 2 aliphatic rings. The van der Waals surface area contributed by atoms with E-state index in [9.17, 15) is 13.2 Å². The maximum Gasteiger partial charge on any atom is 0.238 e. The normalized spacial score (nSPS) is 22.8. The molecule has 1 saturated carbocycles. The highest BCUT2D eigenvalue weighted by Crippen LogP contribution is 2.25. The minimum atomic E-state index is -3.49. The zero-order valence-electron chi connectivity index (χ0n) is 14.9. The fourth-order valence-electron chi connectivity index (χ4n) is 3.97. The molecule has 0 aromatic heterocycles. The van der Waals surface area contributed by atoms with E-state index in [1.807, 2.05) is 31.2 Å². The van der Waals surface area contributed by atoms with Crippen LogP contribution in [0.25, 0.3) is 0 Å². The number of sulfonamides is 1. The lowest BCUT2D eigenvalue weighted by atomic mass is 9.95. The van der Waals surface area contributed by atoms with E-state index >= 15 is 0 Å². The van der Waals surface area contributed by atoms with E-state index in [2.05, 4.69) is 5.32 Å². The summed E-state index contributed by atoms with van der Waals surface area (Å²) in [6.07, 6.45) is 6.90. The molecular formula is C19H28N2O3S. The van der Waals surface area contributed by atoms with E-state index in [0.29, 0.717) is 13.0 Å². The minimum absolute atomic E-state index is 0.0398. The van der Waals surface area contributed by atoms with E-state index in [1.54, 1.807) is 0 Å². The molecule has 1 aromatic carbocycles. The number of amides is 1. The van der Waals surface area contributed by atoms with Crippen LogP contribution in [0.5, 0.6) is 0 Å². The van der Waals surface area contributed by atoms with Crippen molar-refractivity contribution in [1.82, 2.24) is 9.62 Å². The summed E-state index contributed by atoms with van der Waals surface area (Å²) in [5.41, 5.74) is 1.82. The largest absolute Gasteiger partial charge is 0.352 e. The Kier molecular flexibility index (Phi) is 5.79. The number of hydrogen-bond donors (Lipinski definition) is 1. The van der Waals surface area contributed by atoms with Crippen LogP contribution in [0.15, 0.2) is 24.3 Å². The first-order valence-electron chi connectivity index (χ1n) is 9.31. The third kappa shape index (κ3) is 4.61. The molecule has 6 heteroatoms. The Labute approximate surface area is 150 Å².